The highest BCUT2D eigenvalue weighted by Crippen LogP contribution is 2.11. The minimum atomic E-state index is -0.317. The van der Waals surface area contributed by atoms with E-state index in [1.165, 1.54) is 0 Å². The Kier molecular flexibility index (Phi) is 10.4. The molecule has 0 amide bonds. The number of hydrogen-bond donors (Lipinski definition) is 0. The molecule has 8 nitrogen and oxygen atoms in total. The summed E-state index contributed by atoms with van der Waals surface area (Å²) in [6.07, 6.45) is 11.9. The smallest absolute Gasteiger partial charge is 0.338 e. The van der Waals surface area contributed by atoms with E-state index in [0.717, 1.165) is 11.4 Å². The van der Waals surface area contributed by atoms with Crippen molar-refractivity contribution in [1.82, 2.24) is 9.13 Å². The standard InChI is InChI=1S/C25H26N4O4.2BrH/c1-3-32-24(30)20-5-9-22(10-6-20)28-15-13-26(18-28)17-27-14-16-29(19-27)23-11-7-21(8-12-23)25(31)33-4-2;;/h5-16,18-19H,3-4,17H2,1-2H3;2*1H/q+2;;/p-2. The summed E-state index contributed by atoms with van der Waals surface area (Å²) in [7, 11) is 0. The third-order valence-corrected chi connectivity index (χ3v) is 5.06. The molecule has 2 heterocycles. The molecular formula is C25H26Br2N4O4. The van der Waals surface area contributed by atoms with E-state index >= 15 is 0 Å². The van der Waals surface area contributed by atoms with Crippen LogP contribution < -0.4 is 43.1 Å². The molecule has 0 saturated carbocycles. The Bertz CT molecular complexity index is 1150. The lowest BCUT2D eigenvalue weighted by atomic mass is 10.2. The van der Waals surface area contributed by atoms with E-state index in [1.54, 1.807) is 38.1 Å². The monoisotopic (exact) mass is 604 g/mol. The molecule has 4 rings (SSSR count). The van der Waals surface area contributed by atoms with Gasteiger partial charge in [0, 0.05) is 0 Å². The van der Waals surface area contributed by atoms with E-state index < -0.39 is 0 Å². The zero-order valence-corrected chi connectivity index (χ0v) is 22.6. The number of carbonyl (C=O) groups excluding carboxylic acids is 2. The van der Waals surface area contributed by atoms with Gasteiger partial charge >= 0.3 is 11.9 Å². The van der Waals surface area contributed by atoms with Gasteiger partial charge in [-0.05, 0) is 62.4 Å². The Balaban J connectivity index is 0.00000216. The summed E-state index contributed by atoms with van der Waals surface area (Å²) >= 11 is 0. The minimum Gasteiger partial charge on any atom is -1.00 e. The van der Waals surface area contributed by atoms with Gasteiger partial charge in [-0.1, -0.05) is 0 Å². The Morgan fingerprint density at radius 2 is 1.06 bits per heavy atom. The lowest BCUT2D eigenvalue weighted by Crippen LogP contribution is -3.00. The second kappa shape index (κ2) is 13.0. The number of ether oxygens (including phenoxy) is 2. The first kappa shape index (κ1) is 28.0. The van der Waals surface area contributed by atoms with Gasteiger partial charge in [0.1, 0.15) is 36.2 Å². The topological polar surface area (TPSA) is 70.2 Å². The molecule has 0 atom stereocenters. The van der Waals surface area contributed by atoms with Gasteiger partial charge in [0.25, 0.3) is 12.7 Å². The number of imidazole rings is 2. The second-order valence-corrected chi connectivity index (χ2v) is 7.35. The van der Waals surface area contributed by atoms with Crippen LogP contribution in [0.2, 0.25) is 0 Å². The van der Waals surface area contributed by atoms with Gasteiger partial charge < -0.3 is 43.4 Å². The highest BCUT2D eigenvalue weighted by molar-refractivity contribution is 5.90. The van der Waals surface area contributed by atoms with Crippen LogP contribution in [-0.2, 0) is 16.1 Å². The fourth-order valence-electron chi connectivity index (χ4n) is 3.42. The summed E-state index contributed by atoms with van der Waals surface area (Å²) in [5, 5.41) is 0. The lowest BCUT2D eigenvalue weighted by Gasteiger charge is -2.02. The summed E-state index contributed by atoms with van der Waals surface area (Å²) in [6, 6.07) is 14.6. The predicted molar refractivity (Wildman–Crippen MR) is 119 cm³/mol. The van der Waals surface area contributed by atoms with Crippen LogP contribution in [0.5, 0.6) is 0 Å². The third kappa shape index (κ3) is 6.89. The Hall–Kier alpha value is -3.24. The van der Waals surface area contributed by atoms with Gasteiger partial charge in [-0.25, -0.2) is 18.7 Å². The van der Waals surface area contributed by atoms with E-state index in [2.05, 4.69) is 0 Å². The molecule has 184 valence electrons. The van der Waals surface area contributed by atoms with Crippen LogP contribution in [0.15, 0.2) is 86.0 Å². The Labute approximate surface area is 224 Å². The van der Waals surface area contributed by atoms with Gasteiger partial charge in [-0.3, -0.25) is 0 Å². The number of benzene rings is 2. The molecule has 0 unspecified atom stereocenters. The molecule has 0 aliphatic rings. The number of halogens is 2. The van der Waals surface area contributed by atoms with Crippen LogP contribution in [0.25, 0.3) is 11.4 Å². The average Bonchev–Trinajstić information content (AvgIpc) is 3.50. The normalized spacial score (nSPS) is 10.1. The van der Waals surface area contributed by atoms with Gasteiger partial charge in [0.05, 0.1) is 24.3 Å². The van der Waals surface area contributed by atoms with E-state index in [-0.39, 0.29) is 45.9 Å². The zero-order chi connectivity index (χ0) is 23.2. The number of aromatic nitrogens is 4. The number of esters is 2. The van der Waals surface area contributed by atoms with E-state index in [0.29, 0.717) is 31.0 Å². The highest BCUT2D eigenvalue weighted by atomic mass is 79.9. The minimum absolute atomic E-state index is 0. The van der Waals surface area contributed by atoms with Crippen LogP contribution in [-0.4, -0.2) is 34.3 Å². The largest absolute Gasteiger partial charge is 1.00 e. The van der Waals surface area contributed by atoms with Crippen LogP contribution in [0, 0.1) is 0 Å². The van der Waals surface area contributed by atoms with Crippen molar-refractivity contribution in [2.45, 2.75) is 20.5 Å². The molecule has 0 fully saturated rings. The van der Waals surface area contributed by atoms with Gasteiger partial charge in [-0.2, -0.15) is 9.13 Å². The number of hydrogen-bond acceptors (Lipinski definition) is 4. The quantitative estimate of drug-likeness (QED) is 0.156. The average molecular weight is 606 g/mol. The van der Waals surface area contributed by atoms with Crippen molar-refractivity contribution < 1.29 is 62.2 Å². The summed E-state index contributed by atoms with van der Waals surface area (Å²) in [4.78, 5) is 23.6. The maximum atomic E-state index is 11.8. The maximum absolute atomic E-state index is 11.8. The fraction of sp³-hybridized carbons (Fsp3) is 0.200. The molecule has 4 aromatic rings. The van der Waals surface area contributed by atoms with Gasteiger partial charge in [0.15, 0.2) is 0 Å². The first-order chi connectivity index (χ1) is 16.1. The van der Waals surface area contributed by atoms with Crippen LogP contribution in [0.4, 0.5) is 0 Å². The van der Waals surface area contributed by atoms with E-state index in [9.17, 15) is 9.59 Å². The molecule has 0 N–H and O–H groups in total. The van der Waals surface area contributed by atoms with Crippen LogP contribution >= 0.6 is 0 Å². The first-order valence-corrected chi connectivity index (χ1v) is 10.8. The molecule has 10 heteroatoms. The molecule has 0 aliphatic heterocycles. The molecule has 0 saturated heterocycles. The lowest BCUT2D eigenvalue weighted by molar-refractivity contribution is -0.912. The van der Waals surface area contributed by atoms with Gasteiger partial charge in [0.2, 0.25) is 6.67 Å². The number of carbonyl (C=O) groups is 2. The summed E-state index contributed by atoms with van der Waals surface area (Å²) < 4.78 is 18.1. The Morgan fingerprint density at radius 1 is 0.686 bits per heavy atom. The second-order valence-electron chi connectivity index (χ2n) is 7.35. The molecule has 2 aromatic heterocycles. The molecule has 2 aromatic carbocycles. The summed E-state index contributed by atoms with van der Waals surface area (Å²) in [5.74, 6) is -0.633. The molecular weight excluding hydrogens is 580 g/mol. The summed E-state index contributed by atoms with van der Waals surface area (Å²) in [6.45, 7) is 4.92. The van der Waals surface area contributed by atoms with Crippen molar-refractivity contribution in [2.24, 2.45) is 0 Å². The predicted octanol–water partition coefficient (Wildman–Crippen LogP) is -3.29. The fourth-order valence-corrected chi connectivity index (χ4v) is 3.42. The van der Waals surface area contributed by atoms with Crippen LogP contribution in [0.3, 0.4) is 0 Å². The van der Waals surface area contributed by atoms with Crippen molar-refractivity contribution in [3.05, 3.63) is 97.1 Å². The van der Waals surface area contributed by atoms with E-state index in [4.69, 9.17) is 9.47 Å². The number of rotatable bonds is 8. The van der Waals surface area contributed by atoms with Crippen molar-refractivity contribution in [3.8, 4) is 11.4 Å². The van der Waals surface area contributed by atoms with Crippen molar-refractivity contribution >= 4 is 11.9 Å². The zero-order valence-electron chi connectivity index (χ0n) is 19.4. The number of nitrogens with zero attached hydrogens (tertiary/aromatic N) is 4. The molecule has 0 aliphatic carbocycles. The molecule has 35 heavy (non-hydrogen) atoms. The van der Waals surface area contributed by atoms with Crippen molar-refractivity contribution in [1.29, 1.82) is 0 Å². The van der Waals surface area contributed by atoms with E-state index in [1.807, 2.05) is 80.0 Å². The van der Waals surface area contributed by atoms with Crippen molar-refractivity contribution in [2.75, 3.05) is 13.2 Å². The van der Waals surface area contributed by atoms with Gasteiger partial charge in [-0.15, -0.1) is 0 Å². The third-order valence-electron chi connectivity index (χ3n) is 5.06. The highest BCUT2D eigenvalue weighted by Gasteiger charge is 2.13. The Morgan fingerprint density at radius 3 is 1.40 bits per heavy atom. The molecule has 0 radical (unpaired) electrons. The van der Waals surface area contributed by atoms with Crippen molar-refractivity contribution in [3.63, 3.8) is 0 Å². The SMILES string of the molecule is CCOC(=O)c1ccc(-n2cc[n+](C[n+]3ccn(-c4ccc(C(=O)OCC)cc4)c3)c2)cc1.[Br-].[Br-]. The molecule has 0 bridgehead atoms. The van der Waals surface area contributed by atoms with Crippen LogP contribution in [0.1, 0.15) is 34.6 Å². The molecule has 0 spiro atoms. The maximum Gasteiger partial charge on any atom is 0.338 e. The summed E-state index contributed by atoms with van der Waals surface area (Å²) in [5.41, 5.74) is 2.97. The first-order valence-electron chi connectivity index (χ1n) is 10.8.